The molecule has 1 aromatic heterocycles. The van der Waals surface area contributed by atoms with Gasteiger partial charge in [-0.3, -0.25) is 23.9 Å². The zero-order valence-corrected chi connectivity index (χ0v) is 31.0. The van der Waals surface area contributed by atoms with Gasteiger partial charge in [-0.15, -0.1) is 6.58 Å². The Morgan fingerprint density at radius 2 is 1.74 bits per heavy atom. The summed E-state index contributed by atoms with van der Waals surface area (Å²) in [5, 5.41) is 4.08. The molecule has 0 spiro atoms. The highest BCUT2D eigenvalue weighted by Crippen LogP contribution is 2.46. The fraction of sp³-hybridized carbons (Fsp3) is 0.625. The lowest BCUT2D eigenvalue weighted by Crippen LogP contribution is -2.57. The van der Waals surface area contributed by atoms with Gasteiger partial charge >= 0.3 is 5.97 Å². The van der Waals surface area contributed by atoms with Crippen molar-refractivity contribution in [1.29, 1.82) is 0 Å². The number of fused-ring (bicyclic) bond motifs is 4. The van der Waals surface area contributed by atoms with E-state index in [1.807, 2.05) is 6.07 Å². The van der Waals surface area contributed by atoms with Gasteiger partial charge in [-0.05, 0) is 106 Å². The molecule has 53 heavy (non-hydrogen) atoms. The van der Waals surface area contributed by atoms with Crippen molar-refractivity contribution in [2.75, 3.05) is 6.54 Å². The highest BCUT2D eigenvalue weighted by molar-refractivity contribution is 7.91. The number of ether oxygens (including phenoxy) is 2. The average Bonchev–Trinajstić information content (AvgIpc) is 3.93. The Balaban J connectivity index is 1.12. The maximum Gasteiger partial charge on any atom is 0.306 e. The quantitative estimate of drug-likeness (QED) is 0.307. The molecule has 4 aliphatic carbocycles. The van der Waals surface area contributed by atoms with Gasteiger partial charge < -0.3 is 19.7 Å². The van der Waals surface area contributed by atoms with Crippen LogP contribution in [0.25, 0.3) is 10.8 Å². The summed E-state index contributed by atoms with van der Waals surface area (Å²) in [6.45, 7) is 3.89. The number of hydrogen-bond acceptors (Lipinski definition) is 9. The molecular weight excluding hydrogens is 697 g/mol. The second kappa shape index (κ2) is 14.3. The molecule has 8 rings (SSSR count). The molecule has 3 amide bonds. The third kappa shape index (κ3) is 7.29. The standard InChI is InChI=1S/C40H50N4O8S/c1-2-28-22-40(28,39(48)43-53(49,50)30-15-16-30)42-36(46)33-20-29-23-44(33)38(47)32(25-8-3-4-9-25)21-35(45)52-34-12-6-11-27(34)10-5-7-24-13-14-26-17-18-41-37(51-29)31(26)19-24/h2,13-14,17-19,25,27-30,32-34H,1,3-12,15-16,20-23H2,(H,42,46)(H,43,48)/t27-,28+,29-,32+,33?,34-,40-/m1/s1. The van der Waals surface area contributed by atoms with Gasteiger partial charge in [-0.2, -0.15) is 0 Å². The normalized spacial score (nSPS) is 32.3. The summed E-state index contributed by atoms with van der Waals surface area (Å²) in [6.07, 6.45) is 12.8. The summed E-state index contributed by atoms with van der Waals surface area (Å²) in [5.74, 6) is -2.52. The lowest BCUT2D eigenvalue weighted by atomic mass is 9.86. The molecule has 3 heterocycles. The van der Waals surface area contributed by atoms with Crippen LogP contribution in [0.3, 0.4) is 0 Å². The number of esters is 1. The largest absolute Gasteiger partial charge is 0.472 e. The summed E-state index contributed by atoms with van der Waals surface area (Å²) >= 11 is 0. The average molecular weight is 747 g/mol. The maximum absolute atomic E-state index is 14.8. The van der Waals surface area contributed by atoms with Gasteiger partial charge in [0, 0.05) is 23.9 Å². The maximum atomic E-state index is 14.8. The van der Waals surface area contributed by atoms with E-state index in [0.717, 1.165) is 80.5 Å². The molecule has 5 fully saturated rings. The first-order valence-corrected chi connectivity index (χ1v) is 21.1. The minimum Gasteiger partial charge on any atom is -0.472 e. The number of rotatable bonds is 7. The van der Waals surface area contributed by atoms with E-state index in [1.54, 1.807) is 12.3 Å². The molecule has 4 bridgehead atoms. The zero-order valence-electron chi connectivity index (χ0n) is 30.2. The van der Waals surface area contributed by atoms with Crippen LogP contribution in [0.5, 0.6) is 5.88 Å². The topological polar surface area (TPSA) is 161 Å². The molecular formula is C40H50N4O8S. The number of carbonyl (C=O) groups excluding carboxylic acids is 4. The van der Waals surface area contributed by atoms with Crippen LogP contribution in [-0.4, -0.2) is 77.6 Å². The molecule has 6 aliphatic rings. The third-order valence-corrected chi connectivity index (χ3v) is 14.6. The highest BCUT2D eigenvalue weighted by atomic mass is 32.2. The molecule has 1 saturated heterocycles. The predicted octanol–water partition coefficient (Wildman–Crippen LogP) is 4.50. The number of aromatic nitrogens is 1. The van der Waals surface area contributed by atoms with Crippen LogP contribution in [0.4, 0.5) is 0 Å². The second-order valence-electron chi connectivity index (χ2n) is 16.3. The first kappa shape index (κ1) is 36.0. The van der Waals surface area contributed by atoms with Crippen LogP contribution < -0.4 is 14.8 Å². The second-order valence-corrected chi connectivity index (χ2v) is 18.3. The van der Waals surface area contributed by atoms with Crippen LogP contribution in [-0.2, 0) is 40.4 Å². The molecule has 1 aromatic carbocycles. The number of carbonyl (C=O) groups is 4. The number of nitrogens with one attached hydrogen (secondary N) is 2. The number of benzene rings is 1. The first-order chi connectivity index (χ1) is 25.5. The highest BCUT2D eigenvalue weighted by Gasteiger charge is 2.62. The first-order valence-electron chi connectivity index (χ1n) is 19.6. The molecule has 0 radical (unpaired) electrons. The van der Waals surface area contributed by atoms with Crippen molar-refractivity contribution in [2.45, 2.75) is 125 Å². The molecule has 7 atom stereocenters. The number of sulfonamides is 1. The lowest BCUT2D eigenvalue weighted by Gasteiger charge is -2.32. The third-order valence-electron chi connectivity index (χ3n) is 12.8. The van der Waals surface area contributed by atoms with Crippen molar-refractivity contribution in [1.82, 2.24) is 19.9 Å². The van der Waals surface area contributed by atoms with Crippen LogP contribution in [0.1, 0.15) is 95.5 Å². The fourth-order valence-electron chi connectivity index (χ4n) is 9.47. The van der Waals surface area contributed by atoms with Crippen LogP contribution in [0.2, 0.25) is 0 Å². The van der Waals surface area contributed by atoms with Gasteiger partial charge in [-0.25, -0.2) is 13.4 Å². The van der Waals surface area contributed by atoms with Crippen LogP contribution in [0.15, 0.2) is 43.1 Å². The summed E-state index contributed by atoms with van der Waals surface area (Å²) in [7, 11) is -3.87. The molecule has 13 heteroatoms. The summed E-state index contributed by atoms with van der Waals surface area (Å²) in [4.78, 5) is 62.5. The molecule has 2 aromatic rings. The van der Waals surface area contributed by atoms with Gasteiger partial charge in [0.05, 0.1) is 24.1 Å². The molecule has 284 valence electrons. The Morgan fingerprint density at radius 3 is 2.49 bits per heavy atom. The van der Waals surface area contributed by atoms with Crippen LogP contribution in [0, 0.1) is 23.7 Å². The molecule has 1 unspecified atom stereocenters. The Kier molecular flexibility index (Phi) is 9.74. The predicted molar refractivity (Wildman–Crippen MR) is 196 cm³/mol. The van der Waals surface area contributed by atoms with E-state index in [9.17, 15) is 27.6 Å². The van der Waals surface area contributed by atoms with E-state index in [-0.39, 0.29) is 55.6 Å². The zero-order chi connectivity index (χ0) is 36.9. The monoisotopic (exact) mass is 746 g/mol. The van der Waals surface area contributed by atoms with Gasteiger partial charge in [0.2, 0.25) is 27.7 Å². The number of hydrogen-bond donors (Lipinski definition) is 2. The van der Waals surface area contributed by atoms with E-state index in [4.69, 9.17) is 9.47 Å². The minimum atomic E-state index is -3.87. The Bertz CT molecular complexity index is 1910. The number of amides is 3. The molecule has 4 saturated carbocycles. The minimum absolute atomic E-state index is 0.0276. The van der Waals surface area contributed by atoms with E-state index >= 15 is 0 Å². The number of pyridine rings is 1. The Hall–Kier alpha value is -4.00. The summed E-state index contributed by atoms with van der Waals surface area (Å²) in [5.41, 5.74) is -0.350. The Morgan fingerprint density at radius 1 is 0.962 bits per heavy atom. The molecule has 2 N–H and O–H groups in total. The van der Waals surface area contributed by atoms with Crippen molar-refractivity contribution in [3.63, 3.8) is 0 Å². The van der Waals surface area contributed by atoms with Crippen molar-refractivity contribution in [3.8, 4) is 5.88 Å². The van der Waals surface area contributed by atoms with E-state index in [0.29, 0.717) is 18.7 Å². The number of aryl methyl sites for hydroxylation is 1. The molecule has 2 aliphatic heterocycles. The van der Waals surface area contributed by atoms with E-state index in [2.05, 4.69) is 39.8 Å². The van der Waals surface area contributed by atoms with E-state index < -0.39 is 56.6 Å². The van der Waals surface area contributed by atoms with Crippen LogP contribution >= 0.6 is 0 Å². The fourth-order valence-corrected chi connectivity index (χ4v) is 10.8. The molecule has 12 nitrogen and oxygen atoms in total. The van der Waals surface area contributed by atoms with Crippen molar-refractivity contribution in [2.24, 2.45) is 23.7 Å². The lowest BCUT2D eigenvalue weighted by molar-refractivity contribution is -0.156. The van der Waals surface area contributed by atoms with Gasteiger partial charge in [0.25, 0.3) is 5.91 Å². The van der Waals surface area contributed by atoms with Gasteiger partial charge in [0.1, 0.15) is 23.8 Å². The van der Waals surface area contributed by atoms with Gasteiger partial charge in [0.15, 0.2) is 0 Å². The van der Waals surface area contributed by atoms with Crippen molar-refractivity contribution >= 4 is 44.5 Å². The van der Waals surface area contributed by atoms with Crippen molar-refractivity contribution in [3.05, 3.63) is 48.7 Å². The number of nitrogens with zero attached hydrogens (tertiary/aromatic N) is 2. The smallest absolute Gasteiger partial charge is 0.306 e. The van der Waals surface area contributed by atoms with Crippen molar-refractivity contribution < 1.29 is 37.1 Å². The SMILES string of the molecule is C=C[C@H]1C[C@]1(NC(=O)C1C[C@@H]2CN1C(=O)[C@H](C1CCCC1)CC(=O)O[C@@H]1CCC[C@H]1CCCc1ccc3ccnc(c3c1)O2)C(=O)NS(=O)(=O)C1CC1. The summed E-state index contributed by atoms with van der Waals surface area (Å²) < 4.78 is 40.4. The summed E-state index contributed by atoms with van der Waals surface area (Å²) in [6, 6.07) is 7.18. The van der Waals surface area contributed by atoms with E-state index in [1.165, 1.54) is 4.90 Å². The Labute approximate surface area is 310 Å². The van der Waals surface area contributed by atoms with Gasteiger partial charge in [-0.1, -0.05) is 31.1 Å².